The minimum Gasteiger partial charge on any atom is -0.319 e. The summed E-state index contributed by atoms with van der Waals surface area (Å²) >= 11 is 0. The van der Waals surface area contributed by atoms with E-state index in [0.29, 0.717) is 24.9 Å². The summed E-state index contributed by atoms with van der Waals surface area (Å²) in [7, 11) is -1.30. The van der Waals surface area contributed by atoms with Gasteiger partial charge in [-0.25, -0.2) is 0 Å². The van der Waals surface area contributed by atoms with Gasteiger partial charge in [0, 0.05) is 25.7 Å². The molecule has 1 aliphatic carbocycles. The van der Waals surface area contributed by atoms with Crippen molar-refractivity contribution in [1.29, 1.82) is 0 Å². The van der Waals surface area contributed by atoms with Crippen LogP contribution in [-0.4, -0.2) is 56.3 Å². The molecule has 0 spiro atoms. The van der Waals surface area contributed by atoms with Crippen LogP contribution in [0.3, 0.4) is 0 Å². The maximum Gasteiger partial charge on any atom is 0.282 e. The zero-order valence-corrected chi connectivity index (χ0v) is 13.9. The highest BCUT2D eigenvalue weighted by Crippen LogP contribution is 2.38. The van der Waals surface area contributed by atoms with Crippen molar-refractivity contribution in [2.75, 3.05) is 33.2 Å². The molecule has 1 saturated carbocycles. The predicted molar refractivity (Wildman–Crippen MR) is 84.2 cm³/mol. The lowest BCUT2D eigenvalue weighted by atomic mass is 9.86. The van der Waals surface area contributed by atoms with Crippen LogP contribution >= 0.6 is 0 Å². The average molecular weight is 315 g/mol. The summed E-state index contributed by atoms with van der Waals surface area (Å²) in [6, 6.07) is 0.286. The molecule has 0 amide bonds. The Bertz CT molecular complexity index is 452. The molecule has 0 bridgehead atoms. The number of nitrogens with zero attached hydrogens (tertiary/aromatic N) is 2. The Morgan fingerprint density at radius 2 is 1.86 bits per heavy atom. The first-order valence-electron chi connectivity index (χ1n) is 8.54. The summed E-state index contributed by atoms with van der Waals surface area (Å²) in [4.78, 5) is 0. The SMILES string of the molecule is CNCC1CCCN(S(=O)(=O)N2CCC3CCCCC32)C1. The monoisotopic (exact) mass is 315 g/mol. The van der Waals surface area contributed by atoms with Gasteiger partial charge in [0.25, 0.3) is 10.2 Å². The van der Waals surface area contributed by atoms with Gasteiger partial charge in [-0.05, 0) is 57.5 Å². The fourth-order valence-corrected chi connectivity index (χ4v) is 6.50. The van der Waals surface area contributed by atoms with Crippen molar-refractivity contribution in [3.05, 3.63) is 0 Å². The summed E-state index contributed by atoms with van der Waals surface area (Å²) < 4.78 is 29.7. The van der Waals surface area contributed by atoms with E-state index < -0.39 is 10.2 Å². The molecule has 0 aromatic rings. The lowest BCUT2D eigenvalue weighted by molar-refractivity contribution is 0.218. The van der Waals surface area contributed by atoms with Crippen molar-refractivity contribution in [3.63, 3.8) is 0 Å². The maximum atomic E-state index is 13.0. The summed E-state index contributed by atoms with van der Waals surface area (Å²) in [5, 5.41) is 3.19. The standard InChI is InChI=1S/C15H29N3O2S/c1-16-11-13-5-4-9-17(12-13)21(19,20)18-10-8-14-6-2-3-7-15(14)18/h13-16H,2-12H2,1H3. The highest BCUT2D eigenvalue weighted by Gasteiger charge is 2.44. The fraction of sp³-hybridized carbons (Fsp3) is 1.00. The first-order valence-corrected chi connectivity index (χ1v) is 9.94. The van der Waals surface area contributed by atoms with Crippen molar-refractivity contribution in [3.8, 4) is 0 Å². The van der Waals surface area contributed by atoms with Crippen molar-refractivity contribution >= 4 is 10.2 Å². The minimum atomic E-state index is -3.24. The molecule has 2 saturated heterocycles. The van der Waals surface area contributed by atoms with E-state index >= 15 is 0 Å². The zero-order chi connectivity index (χ0) is 14.9. The minimum absolute atomic E-state index is 0.286. The smallest absolute Gasteiger partial charge is 0.282 e. The quantitative estimate of drug-likeness (QED) is 0.854. The maximum absolute atomic E-state index is 13.0. The molecule has 3 unspecified atom stereocenters. The molecule has 0 aromatic carbocycles. The van der Waals surface area contributed by atoms with Gasteiger partial charge in [0.1, 0.15) is 0 Å². The van der Waals surface area contributed by atoms with Gasteiger partial charge in [-0.3, -0.25) is 0 Å². The summed E-state index contributed by atoms with van der Waals surface area (Å²) in [5.41, 5.74) is 0. The molecule has 3 rings (SSSR count). The number of fused-ring (bicyclic) bond motifs is 1. The van der Waals surface area contributed by atoms with E-state index in [-0.39, 0.29) is 6.04 Å². The lowest BCUT2D eigenvalue weighted by Crippen LogP contribution is -2.51. The molecule has 3 atom stereocenters. The summed E-state index contributed by atoms with van der Waals surface area (Å²) in [5.74, 6) is 1.08. The highest BCUT2D eigenvalue weighted by atomic mass is 32.2. The van der Waals surface area contributed by atoms with Crippen molar-refractivity contribution in [2.45, 2.75) is 51.0 Å². The number of piperidine rings is 1. The number of rotatable bonds is 4. The normalized spacial score (nSPS) is 35.8. The molecule has 2 aliphatic heterocycles. The summed E-state index contributed by atoms with van der Waals surface area (Å²) in [6.07, 6.45) is 7.96. The van der Waals surface area contributed by atoms with Gasteiger partial charge < -0.3 is 5.32 Å². The molecule has 5 nitrogen and oxygen atoms in total. The second-order valence-electron chi connectivity index (χ2n) is 6.94. The van der Waals surface area contributed by atoms with E-state index in [4.69, 9.17) is 0 Å². The lowest BCUT2D eigenvalue weighted by Gasteiger charge is -2.38. The van der Waals surface area contributed by atoms with Gasteiger partial charge in [0.15, 0.2) is 0 Å². The van der Waals surface area contributed by atoms with E-state index in [0.717, 1.165) is 38.8 Å². The van der Waals surface area contributed by atoms with E-state index in [1.807, 2.05) is 11.4 Å². The van der Waals surface area contributed by atoms with Crippen molar-refractivity contribution in [1.82, 2.24) is 13.9 Å². The van der Waals surface area contributed by atoms with Crippen LogP contribution in [0.2, 0.25) is 0 Å². The van der Waals surface area contributed by atoms with Crippen LogP contribution in [0.1, 0.15) is 44.9 Å². The van der Waals surface area contributed by atoms with Crippen LogP contribution in [0.5, 0.6) is 0 Å². The Balaban J connectivity index is 1.71. The van der Waals surface area contributed by atoms with Gasteiger partial charge in [-0.2, -0.15) is 17.0 Å². The van der Waals surface area contributed by atoms with Crippen LogP contribution in [0.15, 0.2) is 0 Å². The van der Waals surface area contributed by atoms with Crippen molar-refractivity contribution in [2.24, 2.45) is 11.8 Å². The molecule has 0 radical (unpaired) electrons. The van der Waals surface area contributed by atoms with Crippen LogP contribution in [-0.2, 0) is 10.2 Å². The Kier molecular flexibility index (Phi) is 4.88. The first-order chi connectivity index (χ1) is 10.1. The second kappa shape index (κ2) is 6.52. The number of hydrogen-bond acceptors (Lipinski definition) is 3. The molecule has 6 heteroatoms. The molecule has 122 valence electrons. The topological polar surface area (TPSA) is 52.7 Å². The predicted octanol–water partition coefficient (Wildman–Crippen LogP) is 1.43. The van der Waals surface area contributed by atoms with E-state index in [2.05, 4.69) is 5.32 Å². The summed E-state index contributed by atoms with van der Waals surface area (Å²) in [6.45, 7) is 3.05. The van der Waals surface area contributed by atoms with Gasteiger partial charge >= 0.3 is 0 Å². The van der Waals surface area contributed by atoms with Gasteiger partial charge in [-0.1, -0.05) is 12.8 Å². The van der Waals surface area contributed by atoms with E-state index in [1.54, 1.807) is 4.31 Å². The first kappa shape index (κ1) is 15.7. The molecule has 0 aromatic heterocycles. The second-order valence-corrected chi connectivity index (χ2v) is 8.82. The van der Waals surface area contributed by atoms with Gasteiger partial charge in [0.2, 0.25) is 0 Å². The third kappa shape index (κ3) is 3.14. The number of nitrogens with one attached hydrogen (secondary N) is 1. The Hall–Kier alpha value is -0.170. The molecule has 1 N–H and O–H groups in total. The zero-order valence-electron chi connectivity index (χ0n) is 13.1. The molecule has 3 aliphatic rings. The Labute approximate surface area is 129 Å². The highest BCUT2D eigenvalue weighted by molar-refractivity contribution is 7.86. The van der Waals surface area contributed by atoms with Crippen LogP contribution in [0, 0.1) is 11.8 Å². The Morgan fingerprint density at radius 1 is 1.05 bits per heavy atom. The third-order valence-electron chi connectivity index (χ3n) is 5.56. The fourth-order valence-electron chi connectivity index (χ4n) is 4.49. The molecular formula is C15H29N3O2S. The molecule has 3 fully saturated rings. The van der Waals surface area contributed by atoms with E-state index in [9.17, 15) is 8.42 Å². The Morgan fingerprint density at radius 3 is 2.67 bits per heavy atom. The van der Waals surface area contributed by atoms with Crippen LogP contribution < -0.4 is 5.32 Å². The molecule has 21 heavy (non-hydrogen) atoms. The van der Waals surface area contributed by atoms with Crippen molar-refractivity contribution < 1.29 is 8.42 Å². The number of hydrogen-bond donors (Lipinski definition) is 1. The van der Waals surface area contributed by atoms with Crippen LogP contribution in [0.25, 0.3) is 0 Å². The third-order valence-corrected chi connectivity index (χ3v) is 7.59. The van der Waals surface area contributed by atoms with E-state index in [1.165, 1.54) is 19.3 Å². The molecular weight excluding hydrogens is 286 g/mol. The molecule has 2 heterocycles. The largest absolute Gasteiger partial charge is 0.319 e. The average Bonchev–Trinajstić information content (AvgIpc) is 2.92. The van der Waals surface area contributed by atoms with Crippen LogP contribution in [0.4, 0.5) is 0 Å². The van der Waals surface area contributed by atoms with Gasteiger partial charge in [-0.15, -0.1) is 0 Å². The van der Waals surface area contributed by atoms with Gasteiger partial charge in [0.05, 0.1) is 0 Å².